The van der Waals surface area contributed by atoms with Crippen LogP contribution in [0.15, 0.2) is 51.4 Å². The Hall–Kier alpha value is -1.57. The Morgan fingerprint density at radius 3 is 2.28 bits per heavy atom. The lowest BCUT2D eigenvalue weighted by molar-refractivity contribution is -0.142. The van der Waals surface area contributed by atoms with Crippen molar-refractivity contribution in [2.45, 2.75) is 39.4 Å². The SMILES string of the molecule is CC(C)NC(=O)[C@H](C)N(Cc1ccc(Br)cc1)C(=O)COc1ccc(Br)cc1Cl. The second-order valence-electron chi connectivity index (χ2n) is 6.85. The summed E-state index contributed by atoms with van der Waals surface area (Å²) in [6.07, 6.45) is 0. The molecule has 0 aliphatic rings. The topological polar surface area (TPSA) is 58.6 Å². The van der Waals surface area contributed by atoms with Crippen molar-refractivity contribution in [3.63, 3.8) is 0 Å². The van der Waals surface area contributed by atoms with E-state index in [-0.39, 0.29) is 31.0 Å². The summed E-state index contributed by atoms with van der Waals surface area (Å²) in [5.74, 6) is -0.114. The molecule has 8 heteroatoms. The predicted molar refractivity (Wildman–Crippen MR) is 122 cm³/mol. The maximum absolute atomic E-state index is 13.0. The summed E-state index contributed by atoms with van der Waals surface area (Å²) in [5, 5.41) is 3.25. The van der Waals surface area contributed by atoms with Gasteiger partial charge >= 0.3 is 0 Å². The lowest BCUT2D eigenvalue weighted by Crippen LogP contribution is -2.50. The van der Waals surface area contributed by atoms with Gasteiger partial charge in [-0.3, -0.25) is 9.59 Å². The molecule has 0 unspecified atom stereocenters. The molecule has 0 saturated carbocycles. The lowest BCUT2D eigenvalue weighted by Gasteiger charge is -2.29. The monoisotopic (exact) mass is 544 g/mol. The van der Waals surface area contributed by atoms with E-state index < -0.39 is 6.04 Å². The molecule has 0 aromatic heterocycles. The average molecular weight is 547 g/mol. The number of carbonyl (C=O) groups is 2. The fraction of sp³-hybridized carbons (Fsp3) is 0.333. The molecular formula is C21H23Br2ClN2O3. The third-order valence-corrected chi connectivity index (χ3v) is 5.43. The van der Waals surface area contributed by atoms with Gasteiger partial charge in [-0.25, -0.2) is 0 Å². The zero-order chi connectivity index (χ0) is 21.6. The van der Waals surface area contributed by atoms with Crippen LogP contribution in [0.3, 0.4) is 0 Å². The van der Waals surface area contributed by atoms with Gasteiger partial charge < -0.3 is 15.0 Å². The van der Waals surface area contributed by atoms with Crippen LogP contribution in [0, 0.1) is 0 Å². The quantitative estimate of drug-likeness (QED) is 0.496. The van der Waals surface area contributed by atoms with Crippen LogP contribution in [0.1, 0.15) is 26.3 Å². The minimum absolute atomic E-state index is 0.0209. The van der Waals surface area contributed by atoms with E-state index in [1.807, 2.05) is 38.1 Å². The number of hydrogen-bond donors (Lipinski definition) is 1. The molecule has 156 valence electrons. The molecule has 2 rings (SSSR count). The van der Waals surface area contributed by atoms with E-state index in [4.69, 9.17) is 16.3 Å². The predicted octanol–water partition coefficient (Wildman–Crippen LogP) is 5.19. The largest absolute Gasteiger partial charge is 0.482 e. The van der Waals surface area contributed by atoms with Gasteiger partial charge in [0.2, 0.25) is 5.91 Å². The molecule has 0 bridgehead atoms. The van der Waals surface area contributed by atoms with Gasteiger partial charge in [-0.1, -0.05) is 55.6 Å². The summed E-state index contributed by atoms with van der Waals surface area (Å²) in [7, 11) is 0. The number of carbonyl (C=O) groups excluding carboxylic acids is 2. The number of benzene rings is 2. The number of nitrogens with one attached hydrogen (secondary N) is 1. The van der Waals surface area contributed by atoms with Gasteiger partial charge in [0.15, 0.2) is 6.61 Å². The van der Waals surface area contributed by atoms with Gasteiger partial charge in [0.05, 0.1) is 5.02 Å². The molecule has 0 heterocycles. The van der Waals surface area contributed by atoms with Crippen LogP contribution in [0.2, 0.25) is 5.02 Å². The zero-order valence-corrected chi connectivity index (χ0v) is 20.3. The molecule has 5 nitrogen and oxygen atoms in total. The normalized spacial score (nSPS) is 11.8. The molecule has 1 N–H and O–H groups in total. The Morgan fingerprint density at radius 1 is 1.07 bits per heavy atom. The summed E-state index contributed by atoms with van der Waals surface area (Å²) in [6, 6.07) is 12.1. The van der Waals surface area contributed by atoms with Crippen LogP contribution in [0.4, 0.5) is 0 Å². The Labute approximate surface area is 193 Å². The number of amides is 2. The van der Waals surface area contributed by atoms with Crippen LogP contribution in [0.5, 0.6) is 5.75 Å². The summed E-state index contributed by atoms with van der Waals surface area (Å²) >= 11 is 12.9. The Kier molecular flexibility index (Phi) is 8.99. The van der Waals surface area contributed by atoms with E-state index in [9.17, 15) is 9.59 Å². The van der Waals surface area contributed by atoms with Gasteiger partial charge in [-0.15, -0.1) is 0 Å². The first kappa shape index (κ1) is 23.7. The lowest BCUT2D eigenvalue weighted by atomic mass is 10.1. The van der Waals surface area contributed by atoms with E-state index in [2.05, 4.69) is 37.2 Å². The number of ether oxygens (including phenoxy) is 1. The Morgan fingerprint density at radius 2 is 1.69 bits per heavy atom. The van der Waals surface area contributed by atoms with Crippen LogP contribution in [0.25, 0.3) is 0 Å². The van der Waals surface area contributed by atoms with Crippen LogP contribution in [-0.4, -0.2) is 35.4 Å². The average Bonchev–Trinajstić information content (AvgIpc) is 2.65. The smallest absolute Gasteiger partial charge is 0.261 e. The minimum Gasteiger partial charge on any atom is -0.482 e. The highest BCUT2D eigenvalue weighted by Gasteiger charge is 2.27. The van der Waals surface area contributed by atoms with Gasteiger partial charge in [0.1, 0.15) is 11.8 Å². The third kappa shape index (κ3) is 7.32. The molecule has 2 amide bonds. The third-order valence-electron chi connectivity index (χ3n) is 4.11. The van der Waals surface area contributed by atoms with Crippen molar-refractivity contribution in [3.05, 3.63) is 62.0 Å². The summed E-state index contributed by atoms with van der Waals surface area (Å²) in [6.45, 7) is 5.53. The number of halogens is 3. The number of nitrogens with zero attached hydrogens (tertiary/aromatic N) is 1. The minimum atomic E-state index is -0.655. The molecular weight excluding hydrogens is 524 g/mol. The first-order chi connectivity index (χ1) is 13.7. The van der Waals surface area contributed by atoms with E-state index in [0.29, 0.717) is 10.8 Å². The van der Waals surface area contributed by atoms with Crippen LogP contribution in [-0.2, 0) is 16.1 Å². The van der Waals surface area contributed by atoms with E-state index in [1.54, 1.807) is 25.1 Å². The summed E-state index contributed by atoms with van der Waals surface area (Å²) < 4.78 is 7.38. The fourth-order valence-corrected chi connectivity index (χ4v) is 3.58. The molecule has 2 aromatic carbocycles. The van der Waals surface area contributed by atoms with Crippen molar-refractivity contribution in [3.8, 4) is 5.75 Å². The van der Waals surface area contributed by atoms with Gasteiger partial charge in [0.25, 0.3) is 5.91 Å². The highest BCUT2D eigenvalue weighted by atomic mass is 79.9. The molecule has 0 fully saturated rings. The first-order valence-corrected chi connectivity index (χ1v) is 11.1. The summed E-state index contributed by atoms with van der Waals surface area (Å²) in [4.78, 5) is 27.0. The zero-order valence-electron chi connectivity index (χ0n) is 16.4. The van der Waals surface area contributed by atoms with Crippen LogP contribution < -0.4 is 10.1 Å². The highest BCUT2D eigenvalue weighted by Crippen LogP contribution is 2.27. The molecule has 2 aromatic rings. The molecule has 1 atom stereocenters. The number of hydrogen-bond acceptors (Lipinski definition) is 3. The molecule has 0 radical (unpaired) electrons. The summed E-state index contributed by atoms with van der Waals surface area (Å²) in [5.41, 5.74) is 0.910. The highest BCUT2D eigenvalue weighted by molar-refractivity contribution is 9.10. The maximum Gasteiger partial charge on any atom is 0.261 e. The van der Waals surface area contributed by atoms with Crippen molar-refractivity contribution >= 4 is 55.3 Å². The van der Waals surface area contributed by atoms with Crippen molar-refractivity contribution in [1.82, 2.24) is 10.2 Å². The maximum atomic E-state index is 13.0. The molecule has 0 aliphatic heterocycles. The van der Waals surface area contributed by atoms with Crippen molar-refractivity contribution in [2.75, 3.05) is 6.61 Å². The van der Waals surface area contributed by atoms with E-state index >= 15 is 0 Å². The van der Waals surface area contributed by atoms with Gasteiger partial charge in [-0.2, -0.15) is 0 Å². The second kappa shape index (κ2) is 11.0. The van der Waals surface area contributed by atoms with Crippen molar-refractivity contribution in [1.29, 1.82) is 0 Å². The molecule has 29 heavy (non-hydrogen) atoms. The standard InChI is InChI=1S/C21H23Br2ClN2O3/c1-13(2)25-21(28)14(3)26(11-15-4-6-16(22)7-5-15)20(27)12-29-19-9-8-17(23)10-18(19)24/h4-10,13-14H,11-12H2,1-3H3,(H,25,28)/t14-/m0/s1. The Bertz CT molecular complexity index is 860. The molecule has 0 saturated heterocycles. The van der Waals surface area contributed by atoms with E-state index in [1.165, 1.54) is 4.90 Å². The van der Waals surface area contributed by atoms with E-state index in [0.717, 1.165) is 14.5 Å². The van der Waals surface area contributed by atoms with Crippen molar-refractivity contribution in [2.24, 2.45) is 0 Å². The van der Waals surface area contributed by atoms with Gasteiger partial charge in [0, 0.05) is 21.5 Å². The van der Waals surface area contributed by atoms with Crippen LogP contribution >= 0.6 is 43.5 Å². The molecule has 0 aliphatic carbocycles. The van der Waals surface area contributed by atoms with Gasteiger partial charge in [-0.05, 0) is 56.7 Å². The fourth-order valence-electron chi connectivity index (χ4n) is 2.59. The second-order valence-corrected chi connectivity index (χ2v) is 9.09. The first-order valence-electron chi connectivity index (χ1n) is 9.09. The molecule has 0 spiro atoms. The Balaban J connectivity index is 2.16. The van der Waals surface area contributed by atoms with Crippen molar-refractivity contribution < 1.29 is 14.3 Å². The number of rotatable bonds is 8.